The third kappa shape index (κ3) is 4.07. The van der Waals surface area contributed by atoms with Crippen LogP contribution in [0, 0.1) is 5.41 Å². The van der Waals surface area contributed by atoms with E-state index in [1.165, 1.54) is 16.1 Å². The number of benzene rings is 1. The van der Waals surface area contributed by atoms with Crippen LogP contribution in [0.1, 0.15) is 19.3 Å². The number of rotatable bonds is 5. The fraction of sp³-hybridized carbons (Fsp3) is 0.429. The Hall–Kier alpha value is -2.63. The van der Waals surface area contributed by atoms with Gasteiger partial charge in [0, 0.05) is 31.7 Å². The van der Waals surface area contributed by atoms with Crippen LogP contribution in [0.3, 0.4) is 0 Å². The van der Waals surface area contributed by atoms with Gasteiger partial charge in [-0.2, -0.15) is 9.10 Å². The highest BCUT2D eigenvalue weighted by Crippen LogP contribution is 2.41. The van der Waals surface area contributed by atoms with E-state index in [1.807, 2.05) is 35.2 Å². The summed E-state index contributed by atoms with van der Waals surface area (Å²) < 4.78 is 27.5. The second kappa shape index (κ2) is 8.38. The summed E-state index contributed by atoms with van der Waals surface area (Å²) in [5, 5.41) is 14.2. The van der Waals surface area contributed by atoms with Crippen molar-refractivity contribution in [3.05, 3.63) is 47.8 Å². The zero-order chi connectivity index (χ0) is 22.2. The normalized spacial score (nSPS) is 18.9. The standard InChI is InChI=1S/C21H24N6O3S2/c28-18(15-27-23-20(22-24-27)17-5-2-1-3-6-17)25-11-8-21(16-25)9-12-26(13-10-21)32(29,30)19-7-4-14-31-19/h1-7,14H,8-13,15-16H2. The van der Waals surface area contributed by atoms with Crippen molar-refractivity contribution in [3.63, 3.8) is 0 Å². The van der Waals surface area contributed by atoms with Gasteiger partial charge in [-0.1, -0.05) is 36.4 Å². The molecule has 2 fully saturated rings. The first-order chi connectivity index (χ1) is 15.5. The molecule has 3 aromatic rings. The van der Waals surface area contributed by atoms with E-state index in [-0.39, 0.29) is 17.9 Å². The van der Waals surface area contributed by atoms with Crippen molar-refractivity contribution >= 4 is 27.3 Å². The van der Waals surface area contributed by atoms with Gasteiger partial charge in [0.05, 0.1) is 0 Å². The summed E-state index contributed by atoms with van der Waals surface area (Å²) in [5.41, 5.74) is 0.845. The molecule has 1 amide bonds. The summed E-state index contributed by atoms with van der Waals surface area (Å²) in [4.78, 5) is 16.1. The van der Waals surface area contributed by atoms with Crippen LogP contribution in [0.15, 0.2) is 52.1 Å². The van der Waals surface area contributed by atoms with Crippen molar-refractivity contribution in [2.45, 2.75) is 30.0 Å². The van der Waals surface area contributed by atoms with E-state index in [9.17, 15) is 13.2 Å². The second-order valence-electron chi connectivity index (χ2n) is 8.41. The topological polar surface area (TPSA) is 101 Å². The summed E-state index contributed by atoms with van der Waals surface area (Å²) >= 11 is 1.25. The fourth-order valence-corrected chi connectivity index (χ4v) is 7.11. The maximum Gasteiger partial charge on any atom is 0.252 e. The van der Waals surface area contributed by atoms with Gasteiger partial charge >= 0.3 is 0 Å². The molecule has 1 aromatic carbocycles. The molecule has 9 nitrogen and oxygen atoms in total. The largest absolute Gasteiger partial charge is 0.340 e. The van der Waals surface area contributed by atoms with Crippen molar-refractivity contribution in [1.82, 2.24) is 29.4 Å². The number of likely N-dealkylation sites (tertiary alicyclic amines) is 1. The summed E-state index contributed by atoms with van der Waals surface area (Å²) in [6.45, 7) is 2.37. The lowest BCUT2D eigenvalue weighted by molar-refractivity contribution is -0.131. The van der Waals surface area contributed by atoms with Crippen LogP contribution in [-0.4, -0.2) is 69.9 Å². The predicted molar refractivity (Wildman–Crippen MR) is 119 cm³/mol. The Morgan fingerprint density at radius 1 is 1.03 bits per heavy atom. The van der Waals surface area contributed by atoms with E-state index in [0.717, 1.165) is 24.8 Å². The minimum atomic E-state index is -3.41. The van der Waals surface area contributed by atoms with Crippen LogP contribution in [0.2, 0.25) is 0 Å². The van der Waals surface area contributed by atoms with Gasteiger partial charge in [0.15, 0.2) is 0 Å². The molecule has 0 saturated carbocycles. The Labute approximate surface area is 190 Å². The molecule has 0 unspecified atom stereocenters. The number of carbonyl (C=O) groups is 1. The molecule has 32 heavy (non-hydrogen) atoms. The highest BCUT2D eigenvalue weighted by molar-refractivity contribution is 7.91. The molecule has 2 aromatic heterocycles. The van der Waals surface area contributed by atoms with Crippen molar-refractivity contribution in [2.24, 2.45) is 5.41 Å². The summed E-state index contributed by atoms with van der Waals surface area (Å²) in [6.07, 6.45) is 2.42. The molecular formula is C21H24N6O3S2. The molecule has 2 aliphatic rings. The number of nitrogens with zero attached hydrogens (tertiary/aromatic N) is 6. The van der Waals surface area contributed by atoms with Gasteiger partial charge in [-0.3, -0.25) is 4.79 Å². The molecule has 0 radical (unpaired) electrons. The molecule has 11 heteroatoms. The van der Waals surface area contributed by atoms with Gasteiger partial charge in [-0.15, -0.1) is 21.5 Å². The molecule has 0 N–H and O–H groups in total. The van der Waals surface area contributed by atoms with Crippen molar-refractivity contribution in [3.8, 4) is 11.4 Å². The van der Waals surface area contributed by atoms with Gasteiger partial charge in [0.1, 0.15) is 10.8 Å². The monoisotopic (exact) mass is 472 g/mol. The summed E-state index contributed by atoms with van der Waals surface area (Å²) in [5.74, 6) is 0.461. The highest BCUT2D eigenvalue weighted by atomic mass is 32.2. The first kappa shape index (κ1) is 21.2. The van der Waals surface area contributed by atoms with Crippen molar-refractivity contribution in [2.75, 3.05) is 26.2 Å². The molecule has 2 aliphatic heterocycles. The van der Waals surface area contributed by atoms with Crippen LogP contribution in [0.4, 0.5) is 0 Å². The SMILES string of the molecule is O=C(Cn1nnc(-c2ccccc2)n1)N1CCC2(CCN(S(=O)(=O)c3cccs3)CC2)C1. The molecule has 4 heterocycles. The van der Waals surface area contributed by atoms with Crippen LogP contribution in [-0.2, 0) is 21.4 Å². The minimum Gasteiger partial charge on any atom is -0.340 e. The molecule has 0 atom stereocenters. The maximum absolute atomic E-state index is 12.9. The Morgan fingerprint density at radius 2 is 1.78 bits per heavy atom. The lowest BCUT2D eigenvalue weighted by Crippen LogP contribution is -2.44. The van der Waals surface area contributed by atoms with Gasteiger partial charge in [0.25, 0.3) is 10.0 Å². The fourth-order valence-electron chi connectivity index (χ4n) is 4.53. The molecule has 1 spiro atoms. The number of thiophene rings is 1. The Balaban J connectivity index is 1.18. The van der Waals surface area contributed by atoms with E-state index in [4.69, 9.17) is 0 Å². The second-order valence-corrected chi connectivity index (χ2v) is 11.5. The first-order valence-electron chi connectivity index (χ1n) is 10.6. The molecule has 0 bridgehead atoms. The van der Waals surface area contributed by atoms with Gasteiger partial charge in [0.2, 0.25) is 11.7 Å². The number of hydrogen-bond donors (Lipinski definition) is 0. The average Bonchev–Trinajstić information content (AvgIpc) is 3.57. The lowest BCUT2D eigenvalue weighted by atomic mass is 9.78. The van der Waals surface area contributed by atoms with Gasteiger partial charge < -0.3 is 4.90 Å². The average molecular weight is 473 g/mol. The Bertz CT molecular complexity index is 1190. The zero-order valence-corrected chi connectivity index (χ0v) is 19.1. The van der Waals surface area contributed by atoms with E-state index in [0.29, 0.717) is 36.2 Å². The smallest absolute Gasteiger partial charge is 0.252 e. The predicted octanol–water partition coefficient (Wildman–Crippen LogP) is 2.10. The van der Waals surface area contributed by atoms with Crippen molar-refractivity contribution < 1.29 is 13.2 Å². The zero-order valence-electron chi connectivity index (χ0n) is 17.5. The van der Waals surface area contributed by atoms with E-state index in [2.05, 4.69) is 15.4 Å². The lowest BCUT2D eigenvalue weighted by Gasteiger charge is -2.38. The van der Waals surface area contributed by atoms with Crippen LogP contribution >= 0.6 is 11.3 Å². The quantitative estimate of drug-likeness (QED) is 0.564. The number of hydrogen-bond acceptors (Lipinski definition) is 7. The number of sulfonamides is 1. The highest BCUT2D eigenvalue weighted by Gasteiger charge is 2.44. The summed E-state index contributed by atoms with van der Waals surface area (Å²) in [6, 6.07) is 12.9. The van der Waals surface area contributed by atoms with Gasteiger partial charge in [-0.25, -0.2) is 8.42 Å². The minimum absolute atomic E-state index is 0.0118. The maximum atomic E-state index is 12.9. The Kier molecular flexibility index (Phi) is 5.56. The van der Waals surface area contributed by atoms with E-state index in [1.54, 1.807) is 21.8 Å². The van der Waals surface area contributed by atoms with Gasteiger partial charge in [-0.05, 0) is 41.3 Å². The summed E-state index contributed by atoms with van der Waals surface area (Å²) in [7, 11) is -3.41. The molecule has 168 valence electrons. The molecule has 5 rings (SSSR count). The number of amides is 1. The Morgan fingerprint density at radius 3 is 2.50 bits per heavy atom. The number of tetrazole rings is 1. The van der Waals surface area contributed by atoms with E-state index < -0.39 is 10.0 Å². The van der Waals surface area contributed by atoms with Crippen LogP contribution < -0.4 is 0 Å². The number of aromatic nitrogens is 4. The van der Waals surface area contributed by atoms with Crippen LogP contribution in [0.25, 0.3) is 11.4 Å². The van der Waals surface area contributed by atoms with E-state index >= 15 is 0 Å². The van der Waals surface area contributed by atoms with Crippen molar-refractivity contribution in [1.29, 1.82) is 0 Å². The first-order valence-corrected chi connectivity index (χ1v) is 12.9. The number of carbonyl (C=O) groups excluding carboxylic acids is 1. The number of piperidine rings is 1. The van der Waals surface area contributed by atoms with Crippen LogP contribution in [0.5, 0.6) is 0 Å². The molecular weight excluding hydrogens is 448 g/mol. The third-order valence-corrected chi connectivity index (χ3v) is 9.70. The molecule has 0 aliphatic carbocycles. The molecule has 2 saturated heterocycles. The third-order valence-electron chi connectivity index (χ3n) is 6.42.